The second kappa shape index (κ2) is 11.7. The number of carbonyl (C=O) groups excluding carboxylic acids is 4. The first-order valence-corrected chi connectivity index (χ1v) is 14.0. The SMILES string of the molecule is COC(=O)C(C[C@@H]1CCCNC1=O)NC(=O)C1CC(C2CCCC2)CN1C(=O)c1cc2c(OC)cccc2[nH]1. The number of esters is 1. The van der Waals surface area contributed by atoms with Crippen LogP contribution in [-0.2, 0) is 19.1 Å². The predicted molar refractivity (Wildman–Crippen MR) is 144 cm³/mol. The number of benzene rings is 1. The van der Waals surface area contributed by atoms with E-state index in [1.807, 2.05) is 18.2 Å². The molecule has 1 aromatic carbocycles. The molecule has 10 heteroatoms. The summed E-state index contributed by atoms with van der Waals surface area (Å²) in [5, 5.41) is 6.48. The minimum atomic E-state index is -0.962. The molecule has 3 unspecified atom stereocenters. The molecule has 5 rings (SSSR count). The van der Waals surface area contributed by atoms with Crippen molar-refractivity contribution in [1.29, 1.82) is 0 Å². The monoisotopic (exact) mass is 538 g/mol. The van der Waals surface area contributed by atoms with E-state index in [1.165, 1.54) is 20.0 Å². The number of piperidine rings is 1. The summed E-state index contributed by atoms with van der Waals surface area (Å²) >= 11 is 0. The molecule has 0 bridgehead atoms. The van der Waals surface area contributed by atoms with Gasteiger partial charge in [-0.25, -0.2) is 4.79 Å². The molecule has 3 aliphatic rings. The maximum atomic E-state index is 13.9. The number of hydrogen-bond acceptors (Lipinski definition) is 6. The lowest BCUT2D eigenvalue weighted by Gasteiger charge is -2.28. The minimum absolute atomic E-state index is 0.113. The number of aromatic amines is 1. The van der Waals surface area contributed by atoms with Gasteiger partial charge < -0.3 is 30.0 Å². The van der Waals surface area contributed by atoms with Crippen LogP contribution in [0.4, 0.5) is 0 Å². The van der Waals surface area contributed by atoms with Crippen molar-refractivity contribution in [3.8, 4) is 5.75 Å². The molecular formula is C29H38N4O6. The van der Waals surface area contributed by atoms with Crippen molar-refractivity contribution in [3.63, 3.8) is 0 Å². The number of hydrogen-bond donors (Lipinski definition) is 3. The number of nitrogens with zero attached hydrogens (tertiary/aromatic N) is 1. The Kier molecular flexibility index (Phi) is 8.09. The first kappa shape index (κ1) is 27.0. The Labute approximate surface area is 228 Å². The molecule has 39 heavy (non-hydrogen) atoms. The Hall–Kier alpha value is -3.56. The van der Waals surface area contributed by atoms with Gasteiger partial charge in [0.25, 0.3) is 5.91 Å². The van der Waals surface area contributed by atoms with Crippen LogP contribution >= 0.6 is 0 Å². The molecule has 3 fully saturated rings. The zero-order chi connectivity index (χ0) is 27.5. The van der Waals surface area contributed by atoms with Crippen LogP contribution in [0.2, 0.25) is 0 Å². The molecule has 10 nitrogen and oxygen atoms in total. The second-order valence-corrected chi connectivity index (χ2v) is 11.1. The number of carbonyl (C=O) groups is 4. The van der Waals surface area contributed by atoms with E-state index in [2.05, 4.69) is 15.6 Å². The van der Waals surface area contributed by atoms with Gasteiger partial charge in [0.2, 0.25) is 11.8 Å². The summed E-state index contributed by atoms with van der Waals surface area (Å²) in [6.45, 7) is 1.11. The van der Waals surface area contributed by atoms with E-state index < -0.39 is 18.1 Å². The van der Waals surface area contributed by atoms with Gasteiger partial charge in [-0.1, -0.05) is 31.7 Å². The highest BCUT2D eigenvalue weighted by atomic mass is 16.5. The largest absolute Gasteiger partial charge is 0.496 e. The summed E-state index contributed by atoms with van der Waals surface area (Å²) in [6.07, 6.45) is 6.72. The molecule has 3 N–H and O–H groups in total. The number of methoxy groups -OCH3 is 2. The third-order valence-corrected chi connectivity index (χ3v) is 8.76. The van der Waals surface area contributed by atoms with Gasteiger partial charge in [0.15, 0.2) is 0 Å². The first-order chi connectivity index (χ1) is 18.9. The normalized spacial score (nSPS) is 24.4. The molecule has 1 aliphatic carbocycles. The van der Waals surface area contributed by atoms with E-state index >= 15 is 0 Å². The van der Waals surface area contributed by atoms with E-state index in [0.29, 0.717) is 43.3 Å². The van der Waals surface area contributed by atoms with E-state index in [0.717, 1.165) is 30.2 Å². The molecule has 3 heterocycles. The summed E-state index contributed by atoms with van der Waals surface area (Å²) < 4.78 is 10.4. The smallest absolute Gasteiger partial charge is 0.328 e. The van der Waals surface area contributed by atoms with Gasteiger partial charge in [-0.15, -0.1) is 0 Å². The van der Waals surface area contributed by atoms with Crippen molar-refractivity contribution in [2.75, 3.05) is 27.3 Å². The summed E-state index contributed by atoms with van der Waals surface area (Å²) in [5.41, 5.74) is 1.17. The lowest BCUT2D eigenvalue weighted by atomic mass is 9.88. The molecule has 4 atom stereocenters. The van der Waals surface area contributed by atoms with Crippen LogP contribution in [0.15, 0.2) is 24.3 Å². The Morgan fingerprint density at radius 2 is 1.90 bits per heavy atom. The quantitative estimate of drug-likeness (QED) is 0.443. The minimum Gasteiger partial charge on any atom is -0.496 e. The number of ether oxygens (including phenoxy) is 2. The molecular weight excluding hydrogens is 500 g/mol. The van der Waals surface area contributed by atoms with Crippen LogP contribution in [-0.4, -0.2) is 73.0 Å². The molecule has 0 spiro atoms. The number of fused-ring (bicyclic) bond motifs is 1. The second-order valence-electron chi connectivity index (χ2n) is 11.1. The average molecular weight is 539 g/mol. The predicted octanol–water partition coefficient (Wildman–Crippen LogP) is 2.77. The van der Waals surface area contributed by atoms with Gasteiger partial charge in [0.1, 0.15) is 23.5 Å². The number of amides is 3. The van der Waals surface area contributed by atoms with Crippen molar-refractivity contribution in [2.24, 2.45) is 17.8 Å². The zero-order valence-electron chi connectivity index (χ0n) is 22.7. The Balaban J connectivity index is 1.38. The molecule has 1 aromatic heterocycles. The highest BCUT2D eigenvalue weighted by molar-refractivity contribution is 6.02. The Morgan fingerprint density at radius 1 is 1.10 bits per heavy atom. The van der Waals surface area contributed by atoms with Crippen LogP contribution in [0.25, 0.3) is 10.9 Å². The maximum absolute atomic E-state index is 13.9. The number of aromatic nitrogens is 1. The topological polar surface area (TPSA) is 130 Å². The standard InChI is InChI=1S/C29H38N4O6/c1-38-25-11-5-10-21-20(25)15-22(31-21)28(36)33-16-19(17-7-3-4-8-17)14-24(33)27(35)32-23(29(37)39-2)13-18-9-6-12-30-26(18)34/h5,10-11,15,17-19,23-24,31H,3-4,6-9,12-14,16H2,1-2H3,(H,30,34)(H,32,35)/t18-,19?,23?,24?/m0/s1. The fraction of sp³-hybridized carbons (Fsp3) is 0.586. The first-order valence-electron chi connectivity index (χ1n) is 14.0. The molecule has 3 amide bonds. The fourth-order valence-electron chi connectivity index (χ4n) is 6.66. The van der Waals surface area contributed by atoms with Gasteiger partial charge in [0, 0.05) is 29.9 Å². The summed E-state index contributed by atoms with van der Waals surface area (Å²) in [4.78, 5) is 57.4. The fourth-order valence-corrected chi connectivity index (χ4v) is 6.66. The highest BCUT2D eigenvalue weighted by Gasteiger charge is 2.44. The molecule has 2 aromatic rings. The average Bonchev–Trinajstić information content (AvgIpc) is 3.72. The Bertz CT molecular complexity index is 1240. The maximum Gasteiger partial charge on any atom is 0.328 e. The van der Waals surface area contributed by atoms with Crippen LogP contribution in [0.1, 0.15) is 61.9 Å². The summed E-state index contributed by atoms with van der Waals surface area (Å²) in [6, 6.07) is 5.67. The van der Waals surface area contributed by atoms with Crippen molar-refractivity contribution in [1.82, 2.24) is 20.5 Å². The third-order valence-electron chi connectivity index (χ3n) is 8.76. The molecule has 2 saturated heterocycles. The van der Waals surface area contributed by atoms with E-state index in [1.54, 1.807) is 18.1 Å². The van der Waals surface area contributed by atoms with Crippen LogP contribution in [0.5, 0.6) is 5.75 Å². The highest BCUT2D eigenvalue weighted by Crippen LogP contribution is 2.39. The van der Waals surface area contributed by atoms with Crippen LogP contribution in [0, 0.1) is 17.8 Å². The molecule has 2 aliphatic heterocycles. The van der Waals surface area contributed by atoms with Crippen molar-refractivity contribution in [2.45, 2.75) is 63.5 Å². The van der Waals surface area contributed by atoms with Crippen molar-refractivity contribution < 1.29 is 28.7 Å². The van der Waals surface area contributed by atoms with E-state index in [-0.39, 0.29) is 36.0 Å². The zero-order valence-corrected chi connectivity index (χ0v) is 22.7. The number of H-pyrrole nitrogens is 1. The van der Waals surface area contributed by atoms with Crippen LogP contribution < -0.4 is 15.4 Å². The number of nitrogens with one attached hydrogen (secondary N) is 3. The van der Waals surface area contributed by atoms with Gasteiger partial charge in [-0.2, -0.15) is 0 Å². The molecule has 1 saturated carbocycles. The number of rotatable bonds is 8. The lowest BCUT2D eigenvalue weighted by Crippen LogP contribution is -2.52. The van der Waals surface area contributed by atoms with Gasteiger partial charge >= 0.3 is 5.97 Å². The summed E-state index contributed by atoms with van der Waals surface area (Å²) in [5.74, 6) is -0.369. The van der Waals surface area contributed by atoms with Gasteiger partial charge in [0.05, 0.1) is 14.2 Å². The van der Waals surface area contributed by atoms with Gasteiger partial charge in [-0.05, 0) is 55.7 Å². The lowest BCUT2D eigenvalue weighted by molar-refractivity contribution is -0.146. The third kappa shape index (κ3) is 5.60. The Morgan fingerprint density at radius 3 is 2.62 bits per heavy atom. The van der Waals surface area contributed by atoms with Crippen molar-refractivity contribution in [3.05, 3.63) is 30.0 Å². The van der Waals surface area contributed by atoms with E-state index in [4.69, 9.17) is 9.47 Å². The van der Waals surface area contributed by atoms with Crippen molar-refractivity contribution >= 4 is 34.6 Å². The number of likely N-dealkylation sites (tertiary alicyclic amines) is 1. The van der Waals surface area contributed by atoms with E-state index in [9.17, 15) is 19.2 Å². The van der Waals surface area contributed by atoms with Crippen LogP contribution in [0.3, 0.4) is 0 Å². The van der Waals surface area contributed by atoms with Gasteiger partial charge in [-0.3, -0.25) is 14.4 Å². The molecule has 0 radical (unpaired) electrons. The molecule has 210 valence electrons. The summed E-state index contributed by atoms with van der Waals surface area (Å²) in [7, 11) is 2.86.